The summed E-state index contributed by atoms with van der Waals surface area (Å²) in [6.07, 6.45) is 9.29. The summed E-state index contributed by atoms with van der Waals surface area (Å²) in [4.78, 5) is 29.4. The topological polar surface area (TPSA) is 62.2 Å². The summed E-state index contributed by atoms with van der Waals surface area (Å²) in [7, 11) is 3.88. The van der Waals surface area contributed by atoms with E-state index >= 15 is 0 Å². The minimum atomic E-state index is 0.0248. The average Bonchev–Trinajstić information content (AvgIpc) is 3.05. The quantitative estimate of drug-likeness (QED) is 0.862. The summed E-state index contributed by atoms with van der Waals surface area (Å²) < 4.78 is 0. The third kappa shape index (κ3) is 3.47. The Bertz CT molecular complexity index is 674. The Hall–Kier alpha value is -2.50. The number of pyridine rings is 1. The molecule has 1 aliphatic heterocycles. The molecular formula is C17H21N5O. The summed E-state index contributed by atoms with van der Waals surface area (Å²) in [5.41, 5.74) is 1.86. The van der Waals surface area contributed by atoms with Crippen molar-refractivity contribution in [3.05, 3.63) is 48.2 Å². The van der Waals surface area contributed by atoms with E-state index in [1.165, 1.54) is 0 Å². The van der Waals surface area contributed by atoms with Gasteiger partial charge in [0.15, 0.2) is 0 Å². The first-order chi connectivity index (χ1) is 11.1. The smallest absolute Gasteiger partial charge is 0.227 e. The monoisotopic (exact) mass is 311 g/mol. The number of aromatic nitrogens is 3. The highest BCUT2D eigenvalue weighted by molar-refractivity contribution is 5.79. The predicted octanol–water partition coefficient (Wildman–Crippen LogP) is 1.84. The number of carbonyl (C=O) groups is 1. The molecule has 3 heterocycles. The van der Waals surface area contributed by atoms with Crippen molar-refractivity contribution >= 4 is 11.7 Å². The second-order valence-corrected chi connectivity index (χ2v) is 5.97. The van der Waals surface area contributed by atoms with Gasteiger partial charge < -0.3 is 9.80 Å². The number of carbonyl (C=O) groups excluding carboxylic acids is 1. The number of amides is 1. The molecule has 0 radical (unpaired) electrons. The lowest BCUT2D eigenvalue weighted by molar-refractivity contribution is -0.131. The van der Waals surface area contributed by atoms with E-state index in [9.17, 15) is 4.79 Å². The van der Waals surface area contributed by atoms with E-state index in [4.69, 9.17) is 0 Å². The van der Waals surface area contributed by atoms with Gasteiger partial charge in [-0.2, -0.15) is 0 Å². The van der Waals surface area contributed by atoms with Gasteiger partial charge in [-0.05, 0) is 30.5 Å². The predicted molar refractivity (Wildman–Crippen MR) is 88.0 cm³/mol. The van der Waals surface area contributed by atoms with Crippen LogP contribution in [-0.2, 0) is 11.2 Å². The number of likely N-dealkylation sites (tertiary alicyclic amines) is 1. The first-order valence-corrected chi connectivity index (χ1v) is 7.83. The molecule has 2 aromatic heterocycles. The minimum Gasteiger partial charge on any atom is -0.361 e. The fourth-order valence-corrected chi connectivity index (χ4v) is 2.90. The Morgan fingerprint density at radius 3 is 2.78 bits per heavy atom. The van der Waals surface area contributed by atoms with Crippen LogP contribution in [0.3, 0.4) is 0 Å². The number of hydrogen-bond acceptors (Lipinski definition) is 5. The molecule has 0 spiro atoms. The van der Waals surface area contributed by atoms with Crippen LogP contribution >= 0.6 is 0 Å². The maximum absolute atomic E-state index is 12.7. The van der Waals surface area contributed by atoms with Crippen molar-refractivity contribution < 1.29 is 4.79 Å². The van der Waals surface area contributed by atoms with Gasteiger partial charge in [0.1, 0.15) is 5.82 Å². The fourth-order valence-electron chi connectivity index (χ4n) is 2.90. The van der Waals surface area contributed by atoms with Crippen LogP contribution in [0.15, 0.2) is 36.9 Å². The van der Waals surface area contributed by atoms with Crippen molar-refractivity contribution in [1.29, 1.82) is 0 Å². The number of rotatable bonds is 4. The van der Waals surface area contributed by atoms with E-state index in [0.29, 0.717) is 6.42 Å². The zero-order valence-corrected chi connectivity index (χ0v) is 13.5. The molecule has 2 aromatic rings. The molecule has 23 heavy (non-hydrogen) atoms. The van der Waals surface area contributed by atoms with Crippen molar-refractivity contribution in [2.45, 2.75) is 25.3 Å². The summed E-state index contributed by atoms with van der Waals surface area (Å²) in [6.45, 7) is 0.780. The van der Waals surface area contributed by atoms with Crippen LogP contribution in [-0.4, -0.2) is 46.4 Å². The molecule has 1 saturated heterocycles. The van der Waals surface area contributed by atoms with Crippen molar-refractivity contribution in [3.8, 4) is 0 Å². The fraction of sp³-hybridized carbons (Fsp3) is 0.412. The van der Waals surface area contributed by atoms with Crippen molar-refractivity contribution in [1.82, 2.24) is 19.9 Å². The Morgan fingerprint density at radius 1 is 1.26 bits per heavy atom. The highest BCUT2D eigenvalue weighted by Gasteiger charge is 2.31. The van der Waals surface area contributed by atoms with Gasteiger partial charge in [0.05, 0.1) is 30.6 Å². The molecule has 1 amide bonds. The summed E-state index contributed by atoms with van der Waals surface area (Å²) in [5.74, 6) is 0.951. The first kappa shape index (κ1) is 15.4. The van der Waals surface area contributed by atoms with Crippen molar-refractivity contribution in [2.24, 2.45) is 0 Å². The zero-order valence-electron chi connectivity index (χ0n) is 13.5. The van der Waals surface area contributed by atoms with Gasteiger partial charge in [0, 0.05) is 33.0 Å². The average molecular weight is 311 g/mol. The standard InChI is InChI=1S/C17H21N5O/c1-21(2)16-12-19-11-14(20-16)15-4-3-9-22(15)17(23)10-13-5-7-18-8-6-13/h5-8,11-12,15H,3-4,9-10H2,1-2H3/t15-/m1/s1. The summed E-state index contributed by atoms with van der Waals surface area (Å²) in [6, 6.07) is 3.79. The molecule has 0 aliphatic carbocycles. The molecule has 0 saturated carbocycles. The molecule has 1 aliphatic rings. The van der Waals surface area contributed by atoms with E-state index in [-0.39, 0.29) is 11.9 Å². The molecule has 1 fully saturated rings. The lowest BCUT2D eigenvalue weighted by Crippen LogP contribution is -2.32. The summed E-state index contributed by atoms with van der Waals surface area (Å²) >= 11 is 0. The number of hydrogen-bond donors (Lipinski definition) is 0. The normalized spacial score (nSPS) is 17.3. The molecule has 3 rings (SSSR count). The highest BCUT2D eigenvalue weighted by Crippen LogP contribution is 2.31. The maximum Gasteiger partial charge on any atom is 0.227 e. The van der Waals surface area contributed by atoms with E-state index in [2.05, 4.69) is 15.0 Å². The van der Waals surface area contributed by atoms with Gasteiger partial charge in [0.2, 0.25) is 5.91 Å². The van der Waals surface area contributed by atoms with Gasteiger partial charge in [-0.15, -0.1) is 0 Å². The van der Waals surface area contributed by atoms with Crippen LogP contribution in [0.5, 0.6) is 0 Å². The van der Waals surface area contributed by atoms with Crippen LogP contribution in [0.2, 0.25) is 0 Å². The molecule has 0 bridgehead atoms. The van der Waals surface area contributed by atoms with E-state index in [0.717, 1.165) is 36.5 Å². The van der Waals surface area contributed by atoms with Crippen LogP contribution in [0, 0.1) is 0 Å². The van der Waals surface area contributed by atoms with Gasteiger partial charge in [-0.3, -0.25) is 14.8 Å². The third-order valence-electron chi connectivity index (χ3n) is 4.12. The van der Waals surface area contributed by atoms with Crippen molar-refractivity contribution in [2.75, 3.05) is 25.5 Å². The Kier molecular flexibility index (Phi) is 4.50. The molecule has 6 nitrogen and oxygen atoms in total. The Balaban J connectivity index is 1.77. The van der Waals surface area contributed by atoms with Gasteiger partial charge in [-0.1, -0.05) is 0 Å². The van der Waals surface area contributed by atoms with Gasteiger partial charge >= 0.3 is 0 Å². The van der Waals surface area contributed by atoms with Crippen LogP contribution in [0.25, 0.3) is 0 Å². The van der Waals surface area contributed by atoms with Gasteiger partial charge in [-0.25, -0.2) is 4.98 Å². The lowest BCUT2D eigenvalue weighted by Gasteiger charge is -2.25. The second kappa shape index (κ2) is 6.73. The molecule has 120 valence electrons. The summed E-state index contributed by atoms with van der Waals surface area (Å²) in [5, 5.41) is 0. The van der Waals surface area contributed by atoms with E-state index in [1.54, 1.807) is 24.8 Å². The first-order valence-electron chi connectivity index (χ1n) is 7.83. The molecule has 6 heteroatoms. The molecule has 0 unspecified atom stereocenters. The largest absolute Gasteiger partial charge is 0.361 e. The van der Waals surface area contributed by atoms with Gasteiger partial charge in [0.25, 0.3) is 0 Å². The lowest BCUT2D eigenvalue weighted by atomic mass is 10.1. The third-order valence-corrected chi connectivity index (χ3v) is 4.12. The molecule has 0 N–H and O–H groups in total. The Morgan fingerprint density at radius 2 is 2.04 bits per heavy atom. The van der Waals surface area contributed by atoms with E-state index in [1.807, 2.05) is 36.0 Å². The second-order valence-electron chi connectivity index (χ2n) is 5.97. The molecule has 1 atom stereocenters. The number of nitrogens with zero attached hydrogens (tertiary/aromatic N) is 5. The van der Waals surface area contributed by atoms with Crippen LogP contribution in [0.1, 0.15) is 30.1 Å². The van der Waals surface area contributed by atoms with Crippen molar-refractivity contribution in [3.63, 3.8) is 0 Å². The van der Waals surface area contributed by atoms with E-state index < -0.39 is 0 Å². The number of anilines is 1. The highest BCUT2D eigenvalue weighted by atomic mass is 16.2. The maximum atomic E-state index is 12.7. The molecule has 0 aromatic carbocycles. The molecular weight excluding hydrogens is 290 g/mol. The minimum absolute atomic E-state index is 0.0248. The SMILES string of the molecule is CN(C)c1cncc([C@H]2CCCN2C(=O)Cc2ccncc2)n1. The Labute approximate surface area is 136 Å². The van der Waals surface area contributed by atoms with Crippen LogP contribution < -0.4 is 4.90 Å². The van der Waals surface area contributed by atoms with Crippen LogP contribution in [0.4, 0.5) is 5.82 Å². The zero-order chi connectivity index (χ0) is 16.2.